The number of methoxy groups -OCH3 is 2. The Kier molecular flexibility index (Phi) is 2.41. The van der Waals surface area contributed by atoms with Crippen LogP contribution >= 0.6 is 0 Å². The Morgan fingerprint density at radius 3 is 1.75 bits per heavy atom. The highest BCUT2D eigenvalue weighted by Crippen LogP contribution is 2.75. The molecule has 0 radical (unpaired) electrons. The average molecular weight is 320 g/mol. The van der Waals surface area contributed by atoms with Gasteiger partial charge >= 0.3 is 0 Å². The summed E-state index contributed by atoms with van der Waals surface area (Å²) in [5, 5.41) is 0. The van der Waals surface area contributed by atoms with Gasteiger partial charge in [-0.3, -0.25) is 0 Å². The zero-order chi connectivity index (χ0) is 16.0. The highest BCUT2D eigenvalue weighted by molar-refractivity contribution is 5.60. The van der Waals surface area contributed by atoms with Crippen molar-refractivity contribution in [3.63, 3.8) is 0 Å². The second-order valence-electron chi connectivity index (χ2n) is 7.51. The van der Waals surface area contributed by atoms with Crippen LogP contribution in [0.3, 0.4) is 0 Å². The molecule has 2 aliphatic carbocycles. The van der Waals surface area contributed by atoms with Crippen LogP contribution in [-0.4, -0.2) is 14.2 Å². The predicted octanol–water partition coefficient (Wildman–Crippen LogP) is 4.35. The van der Waals surface area contributed by atoms with Crippen LogP contribution in [0, 0.1) is 11.8 Å². The van der Waals surface area contributed by atoms with Crippen molar-refractivity contribution in [1.82, 2.24) is 0 Å². The third kappa shape index (κ3) is 1.32. The highest BCUT2D eigenvalue weighted by atomic mass is 16.5. The Morgan fingerprint density at radius 1 is 0.792 bits per heavy atom. The standard InChI is InChI=1S/C21H20O3/c1-22-14-7-8-15(23-2)17-13-9-12(16(14)17)18-19(13)21-11-6-4-3-5-10(11)20(18)24-21/h3-8,12-13,18-21H,9H2,1-2H3/t12-,13+,18-,19+,20+,21-. The molecule has 122 valence electrons. The van der Waals surface area contributed by atoms with Crippen molar-refractivity contribution in [2.24, 2.45) is 11.8 Å². The van der Waals surface area contributed by atoms with Crippen LogP contribution in [-0.2, 0) is 4.74 Å². The van der Waals surface area contributed by atoms with Gasteiger partial charge in [-0.1, -0.05) is 24.3 Å². The van der Waals surface area contributed by atoms with E-state index in [1.165, 1.54) is 28.7 Å². The van der Waals surface area contributed by atoms with E-state index < -0.39 is 0 Å². The van der Waals surface area contributed by atoms with E-state index in [9.17, 15) is 0 Å². The van der Waals surface area contributed by atoms with Gasteiger partial charge in [0.25, 0.3) is 0 Å². The van der Waals surface area contributed by atoms with Gasteiger partial charge in [0.1, 0.15) is 11.5 Å². The summed E-state index contributed by atoms with van der Waals surface area (Å²) in [6.07, 6.45) is 1.73. The van der Waals surface area contributed by atoms with Crippen molar-refractivity contribution in [2.45, 2.75) is 30.5 Å². The Hall–Kier alpha value is -2.00. The second kappa shape index (κ2) is 4.34. The lowest BCUT2D eigenvalue weighted by molar-refractivity contribution is 0.0455. The van der Waals surface area contributed by atoms with Crippen molar-refractivity contribution in [2.75, 3.05) is 14.2 Å². The molecule has 2 fully saturated rings. The topological polar surface area (TPSA) is 27.7 Å². The maximum Gasteiger partial charge on any atom is 0.122 e. The highest BCUT2D eigenvalue weighted by Gasteiger charge is 2.65. The lowest BCUT2D eigenvalue weighted by atomic mass is 9.67. The number of benzene rings is 2. The molecule has 1 saturated carbocycles. The van der Waals surface area contributed by atoms with Gasteiger partial charge in [-0.05, 0) is 41.5 Å². The fourth-order valence-electron chi connectivity index (χ4n) is 6.22. The first-order valence-corrected chi connectivity index (χ1v) is 8.82. The zero-order valence-corrected chi connectivity index (χ0v) is 13.9. The monoisotopic (exact) mass is 320 g/mol. The molecule has 2 aromatic carbocycles. The summed E-state index contributed by atoms with van der Waals surface area (Å²) in [7, 11) is 3.55. The molecule has 2 aromatic rings. The van der Waals surface area contributed by atoms with Crippen molar-refractivity contribution in [3.05, 3.63) is 58.7 Å². The summed E-state index contributed by atoms with van der Waals surface area (Å²) in [4.78, 5) is 0. The molecular formula is C21H20O3. The number of hydrogen-bond acceptors (Lipinski definition) is 3. The predicted molar refractivity (Wildman–Crippen MR) is 89.6 cm³/mol. The van der Waals surface area contributed by atoms with E-state index in [0.29, 0.717) is 23.7 Å². The van der Waals surface area contributed by atoms with Crippen molar-refractivity contribution in [1.29, 1.82) is 0 Å². The Balaban J connectivity index is 1.55. The lowest BCUT2D eigenvalue weighted by Gasteiger charge is -2.35. The molecule has 1 saturated heterocycles. The summed E-state index contributed by atoms with van der Waals surface area (Å²) in [6.45, 7) is 0. The fourth-order valence-corrected chi connectivity index (χ4v) is 6.22. The molecule has 4 bridgehead atoms. The van der Waals surface area contributed by atoms with Crippen molar-refractivity contribution >= 4 is 0 Å². The van der Waals surface area contributed by atoms with E-state index in [-0.39, 0.29) is 12.2 Å². The van der Waals surface area contributed by atoms with Crippen LogP contribution in [0.1, 0.15) is 52.7 Å². The van der Waals surface area contributed by atoms with Gasteiger partial charge in [-0.2, -0.15) is 0 Å². The van der Waals surface area contributed by atoms with Crippen LogP contribution in [0.25, 0.3) is 0 Å². The molecule has 3 heteroatoms. The number of ether oxygens (including phenoxy) is 3. The van der Waals surface area contributed by atoms with Crippen LogP contribution in [0.4, 0.5) is 0 Å². The second-order valence-corrected chi connectivity index (χ2v) is 7.51. The first-order chi connectivity index (χ1) is 11.8. The summed E-state index contributed by atoms with van der Waals surface area (Å²) in [5.74, 6) is 4.28. The van der Waals surface area contributed by atoms with E-state index in [4.69, 9.17) is 14.2 Å². The maximum absolute atomic E-state index is 6.49. The Labute approximate surface area is 141 Å². The molecule has 0 aromatic heterocycles. The molecule has 2 heterocycles. The van der Waals surface area contributed by atoms with Gasteiger partial charge in [0.2, 0.25) is 0 Å². The summed E-state index contributed by atoms with van der Waals surface area (Å²) in [5.41, 5.74) is 5.60. The molecule has 3 nitrogen and oxygen atoms in total. The Bertz CT molecular complexity index is 790. The molecule has 6 atom stereocenters. The third-order valence-electron chi connectivity index (χ3n) is 6.87. The maximum atomic E-state index is 6.49. The normalized spacial score (nSPS) is 36.4. The van der Waals surface area contributed by atoms with E-state index >= 15 is 0 Å². The molecule has 24 heavy (non-hydrogen) atoms. The van der Waals surface area contributed by atoms with E-state index in [1.807, 2.05) is 0 Å². The van der Waals surface area contributed by atoms with Crippen molar-refractivity contribution in [3.8, 4) is 11.5 Å². The third-order valence-corrected chi connectivity index (χ3v) is 6.87. The van der Waals surface area contributed by atoms with Crippen LogP contribution in [0.2, 0.25) is 0 Å². The molecule has 4 aliphatic rings. The van der Waals surface area contributed by atoms with Gasteiger partial charge in [0.05, 0.1) is 26.4 Å². The Morgan fingerprint density at radius 2 is 1.29 bits per heavy atom. The largest absolute Gasteiger partial charge is 0.496 e. The van der Waals surface area contributed by atoms with E-state index in [1.54, 1.807) is 14.2 Å². The summed E-state index contributed by atoms with van der Waals surface area (Å²) in [6, 6.07) is 12.9. The quantitative estimate of drug-likeness (QED) is 0.823. The molecule has 0 spiro atoms. The van der Waals surface area contributed by atoms with E-state index in [0.717, 1.165) is 11.5 Å². The lowest BCUT2D eigenvalue weighted by Crippen LogP contribution is -2.27. The first kappa shape index (κ1) is 13.3. The molecule has 0 N–H and O–H groups in total. The van der Waals surface area contributed by atoms with Gasteiger partial charge < -0.3 is 14.2 Å². The summed E-state index contributed by atoms with van der Waals surface area (Å²) >= 11 is 0. The van der Waals surface area contributed by atoms with Gasteiger partial charge in [-0.25, -0.2) is 0 Å². The van der Waals surface area contributed by atoms with Crippen LogP contribution in [0.5, 0.6) is 11.5 Å². The number of hydrogen-bond donors (Lipinski definition) is 0. The van der Waals surface area contributed by atoms with E-state index in [2.05, 4.69) is 36.4 Å². The van der Waals surface area contributed by atoms with Gasteiger partial charge in [0, 0.05) is 23.0 Å². The van der Waals surface area contributed by atoms with Crippen LogP contribution in [0.15, 0.2) is 36.4 Å². The smallest absolute Gasteiger partial charge is 0.122 e. The molecular weight excluding hydrogens is 300 g/mol. The zero-order valence-electron chi connectivity index (χ0n) is 13.9. The molecule has 6 rings (SSSR count). The average Bonchev–Trinajstić information content (AvgIpc) is 3.37. The first-order valence-electron chi connectivity index (χ1n) is 8.82. The minimum atomic E-state index is 0.259. The van der Waals surface area contributed by atoms with Crippen molar-refractivity contribution < 1.29 is 14.2 Å². The molecule has 2 aliphatic heterocycles. The number of fused-ring (bicyclic) bond motifs is 15. The number of rotatable bonds is 2. The molecule has 0 unspecified atom stereocenters. The van der Waals surface area contributed by atoms with Crippen LogP contribution < -0.4 is 9.47 Å². The minimum absolute atomic E-state index is 0.259. The molecule has 0 amide bonds. The van der Waals surface area contributed by atoms with Gasteiger partial charge in [-0.15, -0.1) is 0 Å². The van der Waals surface area contributed by atoms with Gasteiger partial charge in [0.15, 0.2) is 0 Å². The minimum Gasteiger partial charge on any atom is -0.496 e. The fraction of sp³-hybridized carbons (Fsp3) is 0.429. The SMILES string of the molecule is COc1ccc(OC)c2c1[C@H]1C[C@@H]2[C@H]2[C@@H]1[C@H]1O[C@@H]2c2ccccc21. The summed E-state index contributed by atoms with van der Waals surface area (Å²) < 4.78 is 17.9.